The topological polar surface area (TPSA) is 66.4 Å². The lowest BCUT2D eigenvalue weighted by Gasteiger charge is -2.41. The van der Waals surface area contributed by atoms with Crippen molar-refractivity contribution in [2.24, 2.45) is 10.9 Å². The van der Waals surface area contributed by atoms with Crippen molar-refractivity contribution in [2.75, 3.05) is 26.2 Å². The van der Waals surface area contributed by atoms with Gasteiger partial charge < -0.3 is 4.90 Å². The van der Waals surface area contributed by atoms with Gasteiger partial charge in [0.05, 0.1) is 12.1 Å². The van der Waals surface area contributed by atoms with Crippen molar-refractivity contribution in [1.29, 1.82) is 10.5 Å². The van der Waals surface area contributed by atoms with Crippen molar-refractivity contribution < 1.29 is 0 Å². The van der Waals surface area contributed by atoms with Gasteiger partial charge in [0.15, 0.2) is 5.92 Å². The van der Waals surface area contributed by atoms with Crippen LogP contribution in [0.5, 0.6) is 0 Å². The number of rotatable bonds is 4. The first-order valence-corrected chi connectivity index (χ1v) is 8.68. The van der Waals surface area contributed by atoms with Crippen LogP contribution in [0.15, 0.2) is 35.3 Å². The van der Waals surface area contributed by atoms with Crippen molar-refractivity contribution in [1.82, 2.24) is 9.80 Å². The van der Waals surface area contributed by atoms with E-state index in [9.17, 15) is 10.5 Å². The van der Waals surface area contributed by atoms with Crippen LogP contribution in [0.1, 0.15) is 24.8 Å². The number of benzene rings is 1. The molecule has 0 saturated carbocycles. The van der Waals surface area contributed by atoms with Gasteiger partial charge in [0.25, 0.3) is 0 Å². The minimum Gasteiger partial charge on any atom is -0.355 e. The third-order valence-corrected chi connectivity index (χ3v) is 4.89. The monoisotopic (exact) mass is 321 g/mol. The number of amidine groups is 1. The zero-order chi connectivity index (χ0) is 16.8. The largest absolute Gasteiger partial charge is 0.355 e. The van der Waals surface area contributed by atoms with E-state index >= 15 is 0 Å². The van der Waals surface area contributed by atoms with E-state index in [1.807, 2.05) is 6.07 Å². The molecule has 0 amide bonds. The molecule has 0 N–H and O–H groups in total. The predicted molar refractivity (Wildman–Crippen MR) is 93.1 cm³/mol. The van der Waals surface area contributed by atoms with Crippen molar-refractivity contribution in [3.8, 4) is 12.1 Å². The molecular formula is C19H23N5. The lowest BCUT2D eigenvalue weighted by atomic mass is 9.99. The average Bonchev–Trinajstić information content (AvgIpc) is 2.65. The molecule has 1 fully saturated rings. The van der Waals surface area contributed by atoms with Crippen LogP contribution in [0.4, 0.5) is 0 Å². The van der Waals surface area contributed by atoms with Gasteiger partial charge in [-0.25, -0.2) is 0 Å². The molecule has 0 aromatic heterocycles. The number of hydrogen-bond acceptors (Lipinski definition) is 5. The molecular weight excluding hydrogens is 298 g/mol. The Labute approximate surface area is 143 Å². The van der Waals surface area contributed by atoms with Crippen molar-refractivity contribution in [3.63, 3.8) is 0 Å². The van der Waals surface area contributed by atoms with E-state index in [1.165, 1.54) is 5.56 Å². The molecule has 0 atom stereocenters. The summed E-state index contributed by atoms with van der Waals surface area (Å²) in [7, 11) is 0. The lowest BCUT2D eigenvalue weighted by Crippen LogP contribution is -2.50. The fourth-order valence-corrected chi connectivity index (χ4v) is 3.64. The fraction of sp³-hybridized carbons (Fsp3) is 0.526. The molecule has 124 valence electrons. The number of nitriles is 2. The summed E-state index contributed by atoms with van der Waals surface area (Å²) in [6.07, 6.45) is 3.14. The highest BCUT2D eigenvalue weighted by atomic mass is 15.3. The predicted octanol–water partition coefficient (Wildman–Crippen LogP) is 2.42. The Morgan fingerprint density at radius 1 is 1.08 bits per heavy atom. The van der Waals surface area contributed by atoms with E-state index in [0.717, 1.165) is 52.0 Å². The Morgan fingerprint density at radius 3 is 2.46 bits per heavy atom. The highest BCUT2D eigenvalue weighted by molar-refractivity contribution is 5.89. The summed E-state index contributed by atoms with van der Waals surface area (Å²) in [5.41, 5.74) is 1.35. The maximum atomic E-state index is 9.21. The van der Waals surface area contributed by atoms with Gasteiger partial charge in [-0.2, -0.15) is 10.5 Å². The maximum Gasteiger partial charge on any atom is 0.189 e. The van der Waals surface area contributed by atoms with Crippen LogP contribution in [0.25, 0.3) is 0 Å². The van der Waals surface area contributed by atoms with Crippen LogP contribution in [0.3, 0.4) is 0 Å². The Kier molecular flexibility index (Phi) is 5.46. The minimum absolute atomic E-state index is 0.403. The summed E-state index contributed by atoms with van der Waals surface area (Å²) in [6, 6.07) is 15.1. The van der Waals surface area contributed by atoms with E-state index in [4.69, 9.17) is 0 Å². The van der Waals surface area contributed by atoms with Crippen LogP contribution in [-0.4, -0.2) is 47.9 Å². The van der Waals surface area contributed by atoms with Gasteiger partial charge in [-0.1, -0.05) is 30.3 Å². The standard InChI is InChI=1S/C19H23N5/c20-13-17(14-21)19-22-9-4-10-24(19)18-7-11-23(12-8-18)15-16-5-2-1-3-6-16/h1-3,5-6,17-18H,4,7-12,15H2. The van der Waals surface area contributed by atoms with Gasteiger partial charge in [-0.05, 0) is 24.8 Å². The zero-order valence-corrected chi connectivity index (χ0v) is 13.9. The molecule has 5 nitrogen and oxygen atoms in total. The summed E-state index contributed by atoms with van der Waals surface area (Å²) in [6.45, 7) is 4.74. The van der Waals surface area contributed by atoms with Crippen LogP contribution >= 0.6 is 0 Å². The molecule has 2 aliphatic rings. The molecule has 0 bridgehead atoms. The van der Waals surface area contributed by atoms with Gasteiger partial charge in [-0.3, -0.25) is 9.89 Å². The Morgan fingerprint density at radius 2 is 1.79 bits per heavy atom. The Hall–Kier alpha value is -2.37. The molecule has 3 rings (SSSR count). The first-order chi connectivity index (χ1) is 11.8. The second-order valence-corrected chi connectivity index (χ2v) is 6.47. The Bertz CT molecular complexity index is 633. The molecule has 2 aliphatic heterocycles. The van der Waals surface area contributed by atoms with E-state index in [0.29, 0.717) is 11.9 Å². The first-order valence-electron chi connectivity index (χ1n) is 8.68. The molecule has 1 saturated heterocycles. The zero-order valence-electron chi connectivity index (χ0n) is 13.9. The molecule has 2 heterocycles. The van der Waals surface area contributed by atoms with E-state index in [2.05, 4.69) is 51.2 Å². The highest BCUT2D eigenvalue weighted by Gasteiger charge is 2.31. The summed E-state index contributed by atoms with van der Waals surface area (Å²) in [5, 5.41) is 18.4. The van der Waals surface area contributed by atoms with Crippen LogP contribution in [0, 0.1) is 28.6 Å². The van der Waals surface area contributed by atoms with E-state index in [1.54, 1.807) is 0 Å². The van der Waals surface area contributed by atoms with Gasteiger partial charge in [0, 0.05) is 38.8 Å². The Balaban J connectivity index is 1.59. The molecule has 1 aromatic rings. The quantitative estimate of drug-likeness (QED) is 0.854. The molecule has 0 radical (unpaired) electrons. The summed E-state index contributed by atoms with van der Waals surface area (Å²) in [5.74, 6) is -0.0274. The number of likely N-dealkylation sites (tertiary alicyclic amines) is 1. The van der Waals surface area contributed by atoms with Gasteiger partial charge in [0.1, 0.15) is 5.84 Å². The fourth-order valence-electron chi connectivity index (χ4n) is 3.64. The van der Waals surface area contributed by atoms with Crippen molar-refractivity contribution in [3.05, 3.63) is 35.9 Å². The summed E-state index contributed by atoms with van der Waals surface area (Å²) >= 11 is 0. The second kappa shape index (κ2) is 7.95. The minimum atomic E-state index is -0.729. The summed E-state index contributed by atoms with van der Waals surface area (Å²) < 4.78 is 0. The van der Waals surface area contributed by atoms with Crippen LogP contribution in [0.2, 0.25) is 0 Å². The summed E-state index contributed by atoms with van der Waals surface area (Å²) in [4.78, 5) is 9.22. The highest BCUT2D eigenvalue weighted by Crippen LogP contribution is 2.23. The SMILES string of the molecule is N#CC(C#N)C1=NCCCN1C1CCN(Cc2ccccc2)CC1. The third kappa shape index (κ3) is 3.75. The van der Waals surface area contributed by atoms with Crippen molar-refractivity contribution >= 4 is 5.84 Å². The molecule has 24 heavy (non-hydrogen) atoms. The number of aliphatic imine (C=N–C) groups is 1. The van der Waals surface area contributed by atoms with Crippen molar-refractivity contribution in [2.45, 2.75) is 31.8 Å². The third-order valence-electron chi connectivity index (χ3n) is 4.89. The van der Waals surface area contributed by atoms with Crippen LogP contribution in [-0.2, 0) is 6.54 Å². The molecule has 5 heteroatoms. The first kappa shape index (κ1) is 16.5. The second-order valence-electron chi connectivity index (χ2n) is 6.47. The number of hydrogen-bond donors (Lipinski definition) is 0. The van der Waals surface area contributed by atoms with Gasteiger partial charge in [0.2, 0.25) is 0 Å². The maximum absolute atomic E-state index is 9.21. The number of piperidine rings is 1. The smallest absolute Gasteiger partial charge is 0.189 e. The van der Waals surface area contributed by atoms with Gasteiger partial charge >= 0.3 is 0 Å². The lowest BCUT2D eigenvalue weighted by molar-refractivity contribution is 0.143. The molecule has 0 aliphatic carbocycles. The van der Waals surface area contributed by atoms with E-state index in [-0.39, 0.29) is 0 Å². The van der Waals surface area contributed by atoms with Crippen LogP contribution < -0.4 is 0 Å². The molecule has 1 aromatic carbocycles. The number of nitrogens with zero attached hydrogens (tertiary/aromatic N) is 5. The molecule has 0 unspecified atom stereocenters. The average molecular weight is 321 g/mol. The van der Waals surface area contributed by atoms with Gasteiger partial charge in [-0.15, -0.1) is 0 Å². The normalized spacial score (nSPS) is 19.6. The van der Waals surface area contributed by atoms with E-state index < -0.39 is 5.92 Å². The molecule has 0 spiro atoms.